The zero-order valence-corrected chi connectivity index (χ0v) is 9.98. The summed E-state index contributed by atoms with van der Waals surface area (Å²) in [6, 6.07) is 7.85. The SMILES string of the molecule is CC1CC1NC(=O)COc1ccccc1CN. The van der Waals surface area contributed by atoms with Crippen molar-refractivity contribution < 1.29 is 9.53 Å². The Morgan fingerprint density at radius 1 is 1.53 bits per heavy atom. The van der Waals surface area contributed by atoms with Gasteiger partial charge in [-0.05, 0) is 18.4 Å². The average Bonchev–Trinajstić information content (AvgIpc) is 3.02. The molecule has 1 saturated carbocycles. The van der Waals surface area contributed by atoms with E-state index in [1.807, 2.05) is 24.3 Å². The van der Waals surface area contributed by atoms with Gasteiger partial charge in [0.15, 0.2) is 6.61 Å². The Morgan fingerprint density at radius 2 is 2.24 bits per heavy atom. The molecule has 3 N–H and O–H groups in total. The number of carbonyl (C=O) groups is 1. The van der Waals surface area contributed by atoms with Crippen LogP contribution in [0.1, 0.15) is 18.9 Å². The quantitative estimate of drug-likeness (QED) is 0.800. The Labute approximate surface area is 101 Å². The van der Waals surface area contributed by atoms with Crippen LogP contribution in [0.3, 0.4) is 0 Å². The number of nitrogens with two attached hydrogens (primary N) is 1. The molecule has 1 aromatic carbocycles. The molecule has 2 unspecified atom stereocenters. The summed E-state index contributed by atoms with van der Waals surface area (Å²) < 4.78 is 5.46. The fourth-order valence-electron chi connectivity index (χ4n) is 1.73. The molecule has 0 aromatic heterocycles. The Hall–Kier alpha value is -1.55. The van der Waals surface area contributed by atoms with Crippen LogP contribution in [0.15, 0.2) is 24.3 Å². The van der Waals surface area contributed by atoms with Gasteiger partial charge in [-0.3, -0.25) is 4.79 Å². The zero-order valence-electron chi connectivity index (χ0n) is 9.98. The molecule has 1 aliphatic carbocycles. The minimum atomic E-state index is -0.0637. The van der Waals surface area contributed by atoms with Crippen LogP contribution < -0.4 is 15.8 Å². The van der Waals surface area contributed by atoms with E-state index in [1.54, 1.807) is 0 Å². The summed E-state index contributed by atoms with van der Waals surface area (Å²) in [4.78, 5) is 11.5. The molecule has 0 spiro atoms. The molecule has 0 saturated heterocycles. The number of nitrogens with one attached hydrogen (secondary N) is 1. The Bertz CT molecular complexity index is 406. The van der Waals surface area contributed by atoms with Crippen molar-refractivity contribution in [1.82, 2.24) is 5.32 Å². The lowest BCUT2D eigenvalue weighted by molar-refractivity contribution is -0.123. The first-order valence-electron chi connectivity index (χ1n) is 5.91. The fourth-order valence-corrected chi connectivity index (χ4v) is 1.73. The zero-order chi connectivity index (χ0) is 12.3. The van der Waals surface area contributed by atoms with Gasteiger partial charge in [0.1, 0.15) is 5.75 Å². The highest BCUT2D eigenvalue weighted by atomic mass is 16.5. The van der Waals surface area contributed by atoms with Crippen molar-refractivity contribution in [2.75, 3.05) is 6.61 Å². The molecule has 1 aromatic rings. The molecular formula is C13H18N2O2. The first-order chi connectivity index (χ1) is 8.20. The number of rotatable bonds is 5. The molecule has 1 fully saturated rings. The lowest BCUT2D eigenvalue weighted by Gasteiger charge is -2.10. The van der Waals surface area contributed by atoms with Crippen LogP contribution in [-0.2, 0) is 11.3 Å². The van der Waals surface area contributed by atoms with Crippen LogP contribution in [0.5, 0.6) is 5.75 Å². The summed E-state index contributed by atoms with van der Waals surface area (Å²) in [5.41, 5.74) is 6.50. The van der Waals surface area contributed by atoms with Gasteiger partial charge in [0.05, 0.1) is 0 Å². The van der Waals surface area contributed by atoms with Crippen molar-refractivity contribution in [3.63, 3.8) is 0 Å². The maximum atomic E-state index is 11.5. The van der Waals surface area contributed by atoms with E-state index in [2.05, 4.69) is 12.2 Å². The van der Waals surface area contributed by atoms with E-state index in [9.17, 15) is 4.79 Å². The Morgan fingerprint density at radius 3 is 2.88 bits per heavy atom. The number of para-hydroxylation sites is 1. The number of benzene rings is 1. The minimum absolute atomic E-state index is 0.0558. The van der Waals surface area contributed by atoms with Gasteiger partial charge in [-0.15, -0.1) is 0 Å². The molecule has 1 aliphatic rings. The number of hydrogen-bond donors (Lipinski definition) is 2. The second kappa shape index (κ2) is 5.19. The number of ether oxygens (including phenoxy) is 1. The molecule has 0 bridgehead atoms. The third-order valence-corrected chi connectivity index (χ3v) is 3.01. The Balaban J connectivity index is 1.82. The molecule has 92 valence electrons. The van der Waals surface area contributed by atoms with E-state index in [-0.39, 0.29) is 12.5 Å². The lowest BCUT2D eigenvalue weighted by atomic mass is 10.2. The van der Waals surface area contributed by atoms with E-state index < -0.39 is 0 Å². The predicted molar refractivity (Wildman–Crippen MR) is 65.5 cm³/mol. The van der Waals surface area contributed by atoms with Crippen LogP contribution in [-0.4, -0.2) is 18.6 Å². The number of hydrogen-bond acceptors (Lipinski definition) is 3. The second-order valence-corrected chi connectivity index (χ2v) is 4.49. The minimum Gasteiger partial charge on any atom is -0.483 e. The maximum absolute atomic E-state index is 11.5. The normalized spacial score (nSPS) is 22.0. The molecule has 0 radical (unpaired) electrons. The first-order valence-corrected chi connectivity index (χ1v) is 5.91. The number of carbonyl (C=O) groups excluding carboxylic acids is 1. The molecule has 2 rings (SSSR count). The van der Waals surface area contributed by atoms with Crippen molar-refractivity contribution in [1.29, 1.82) is 0 Å². The monoisotopic (exact) mass is 234 g/mol. The third-order valence-electron chi connectivity index (χ3n) is 3.01. The van der Waals surface area contributed by atoms with Crippen molar-refractivity contribution in [2.45, 2.75) is 25.9 Å². The van der Waals surface area contributed by atoms with Crippen molar-refractivity contribution in [3.05, 3.63) is 29.8 Å². The molecule has 0 heterocycles. The van der Waals surface area contributed by atoms with Gasteiger partial charge in [-0.1, -0.05) is 25.1 Å². The summed E-state index contributed by atoms with van der Waals surface area (Å²) >= 11 is 0. The van der Waals surface area contributed by atoms with Crippen molar-refractivity contribution in [3.8, 4) is 5.75 Å². The predicted octanol–water partition coefficient (Wildman–Crippen LogP) is 1.05. The molecule has 1 amide bonds. The van der Waals surface area contributed by atoms with Crippen LogP contribution in [0, 0.1) is 5.92 Å². The van der Waals surface area contributed by atoms with Crippen LogP contribution >= 0.6 is 0 Å². The highest BCUT2D eigenvalue weighted by Crippen LogP contribution is 2.28. The summed E-state index contributed by atoms with van der Waals surface area (Å²) in [5.74, 6) is 1.23. The van der Waals surface area contributed by atoms with E-state index in [1.165, 1.54) is 0 Å². The first kappa shape index (κ1) is 11.9. The fraction of sp³-hybridized carbons (Fsp3) is 0.462. The molecule has 2 atom stereocenters. The van der Waals surface area contributed by atoms with Gasteiger partial charge < -0.3 is 15.8 Å². The van der Waals surface area contributed by atoms with Crippen LogP contribution in [0.25, 0.3) is 0 Å². The third kappa shape index (κ3) is 3.20. The largest absolute Gasteiger partial charge is 0.483 e. The smallest absolute Gasteiger partial charge is 0.258 e. The molecule has 17 heavy (non-hydrogen) atoms. The average molecular weight is 234 g/mol. The topological polar surface area (TPSA) is 64.3 Å². The van der Waals surface area contributed by atoms with Gasteiger partial charge >= 0.3 is 0 Å². The van der Waals surface area contributed by atoms with E-state index >= 15 is 0 Å². The second-order valence-electron chi connectivity index (χ2n) is 4.49. The van der Waals surface area contributed by atoms with Gasteiger partial charge in [-0.2, -0.15) is 0 Å². The van der Waals surface area contributed by atoms with E-state index in [4.69, 9.17) is 10.5 Å². The molecule has 0 aliphatic heterocycles. The van der Waals surface area contributed by atoms with Gasteiger partial charge in [0.25, 0.3) is 5.91 Å². The van der Waals surface area contributed by atoms with Crippen molar-refractivity contribution in [2.24, 2.45) is 11.7 Å². The molecule has 4 nitrogen and oxygen atoms in total. The highest BCUT2D eigenvalue weighted by molar-refractivity contribution is 5.78. The standard InChI is InChI=1S/C13H18N2O2/c1-9-6-11(9)15-13(16)8-17-12-5-3-2-4-10(12)7-14/h2-5,9,11H,6-8,14H2,1H3,(H,15,16). The summed E-state index contributed by atoms with van der Waals surface area (Å²) in [5, 5.41) is 2.92. The number of amides is 1. The van der Waals surface area contributed by atoms with E-state index in [0.29, 0.717) is 24.3 Å². The maximum Gasteiger partial charge on any atom is 0.258 e. The Kier molecular flexibility index (Phi) is 3.64. The van der Waals surface area contributed by atoms with Gasteiger partial charge in [0.2, 0.25) is 0 Å². The van der Waals surface area contributed by atoms with Gasteiger partial charge in [0, 0.05) is 18.2 Å². The summed E-state index contributed by atoms with van der Waals surface area (Å²) in [6.45, 7) is 2.59. The molecular weight excluding hydrogens is 216 g/mol. The van der Waals surface area contributed by atoms with Crippen molar-refractivity contribution >= 4 is 5.91 Å². The van der Waals surface area contributed by atoms with E-state index in [0.717, 1.165) is 12.0 Å². The van der Waals surface area contributed by atoms with Gasteiger partial charge in [-0.25, -0.2) is 0 Å². The summed E-state index contributed by atoms with van der Waals surface area (Å²) in [7, 11) is 0. The van der Waals surface area contributed by atoms with Crippen LogP contribution in [0.4, 0.5) is 0 Å². The lowest BCUT2D eigenvalue weighted by Crippen LogP contribution is -2.31. The highest BCUT2D eigenvalue weighted by Gasteiger charge is 2.33. The van der Waals surface area contributed by atoms with Crippen LogP contribution in [0.2, 0.25) is 0 Å². The molecule has 4 heteroatoms. The summed E-state index contributed by atoms with van der Waals surface area (Å²) in [6.07, 6.45) is 1.07.